The molecule has 1 aromatic rings. The summed E-state index contributed by atoms with van der Waals surface area (Å²) in [5, 5.41) is 0. The van der Waals surface area contributed by atoms with E-state index in [0.717, 1.165) is 43.1 Å². The van der Waals surface area contributed by atoms with Gasteiger partial charge in [-0.3, -0.25) is 4.79 Å². The van der Waals surface area contributed by atoms with Crippen LogP contribution in [0.15, 0.2) is 28.7 Å². The van der Waals surface area contributed by atoms with Crippen molar-refractivity contribution in [2.24, 2.45) is 5.73 Å². The van der Waals surface area contributed by atoms with Crippen LogP contribution in [0, 0.1) is 0 Å². The number of hydrogen-bond acceptors (Lipinski definition) is 2. The molecule has 2 rings (SSSR count). The Kier molecular flexibility index (Phi) is 6.24. The van der Waals surface area contributed by atoms with Crippen LogP contribution in [-0.4, -0.2) is 29.4 Å². The monoisotopic (exact) mass is 352 g/mol. The van der Waals surface area contributed by atoms with Gasteiger partial charge in [-0.05, 0) is 56.7 Å². The van der Waals surface area contributed by atoms with E-state index in [1.165, 1.54) is 5.56 Å². The Morgan fingerprint density at radius 1 is 1.33 bits per heavy atom. The number of carbonyl (C=O) groups is 1. The van der Waals surface area contributed by atoms with E-state index in [2.05, 4.69) is 47.1 Å². The molecule has 1 aromatic carbocycles. The number of hydrogen-bond donors (Lipinski definition) is 1. The predicted octanol–water partition coefficient (Wildman–Crippen LogP) is 3.50. The number of amides is 1. The average Bonchev–Trinajstić information content (AvgIpc) is 2.45. The Morgan fingerprint density at radius 2 is 2.05 bits per heavy atom. The normalized spacial score (nSPS) is 22.3. The molecule has 0 spiro atoms. The fourth-order valence-electron chi connectivity index (χ4n) is 2.98. The highest BCUT2D eigenvalue weighted by molar-refractivity contribution is 9.10. The van der Waals surface area contributed by atoms with Crippen LogP contribution in [0.1, 0.15) is 44.6 Å². The Labute approximate surface area is 136 Å². The van der Waals surface area contributed by atoms with Gasteiger partial charge >= 0.3 is 0 Å². The number of piperidine rings is 1. The number of rotatable bonds is 5. The molecule has 3 nitrogen and oxygen atoms in total. The molecule has 2 N–H and O–H groups in total. The molecule has 116 valence electrons. The standard InChI is InChI=1S/C17H25BrN2O/c1-13-12-16(19)10-11-20(13)17(21)5-3-2-4-14-6-8-15(18)9-7-14/h6-9,13,16H,2-5,10-12,19H2,1H3/t13-,16+/m1/s1. The largest absolute Gasteiger partial charge is 0.340 e. The van der Waals surface area contributed by atoms with E-state index in [9.17, 15) is 4.79 Å². The Bertz CT molecular complexity index is 460. The molecule has 0 saturated carbocycles. The van der Waals surface area contributed by atoms with E-state index in [1.54, 1.807) is 0 Å². The first-order valence-electron chi connectivity index (χ1n) is 7.86. The van der Waals surface area contributed by atoms with Gasteiger partial charge in [0.15, 0.2) is 0 Å². The summed E-state index contributed by atoms with van der Waals surface area (Å²) in [6, 6.07) is 8.98. The van der Waals surface area contributed by atoms with Crippen LogP contribution in [-0.2, 0) is 11.2 Å². The van der Waals surface area contributed by atoms with Gasteiger partial charge in [0, 0.05) is 29.5 Å². The molecule has 1 heterocycles. The first-order chi connectivity index (χ1) is 10.1. The van der Waals surface area contributed by atoms with Crippen molar-refractivity contribution in [3.63, 3.8) is 0 Å². The number of likely N-dealkylation sites (tertiary alicyclic amines) is 1. The molecule has 1 saturated heterocycles. The second kappa shape index (κ2) is 7.95. The van der Waals surface area contributed by atoms with Crippen molar-refractivity contribution in [1.82, 2.24) is 4.90 Å². The average molecular weight is 353 g/mol. The zero-order valence-electron chi connectivity index (χ0n) is 12.7. The van der Waals surface area contributed by atoms with Gasteiger partial charge in [-0.25, -0.2) is 0 Å². The Hall–Kier alpha value is -0.870. The van der Waals surface area contributed by atoms with Crippen LogP contribution in [0.4, 0.5) is 0 Å². The minimum atomic E-state index is 0.265. The van der Waals surface area contributed by atoms with Gasteiger partial charge in [-0.2, -0.15) is 0 Å². The first-order valence-corrected chi connectivity index (χ1v) is 8.65. The van der Waals surface area contributed by atoms with E-state index in [-0.39, 0.29) is 6.04 Å². The fourth-order valence-corrected chi connectivity index (χ4v) is 3.24. The summed E-state index contributed by atoms with van der Waals surface area (Å²) >= 11 is 3.44. The number of aryl methyl sites for hydroxylation is 1. The van der Waals surface area contributed by atoms with E-state index in [4.69, 9.17) is 5.73 Å². The zero-order valence-corrected chi connectivity index (χ0v) is 14.3. The third kappa shape index (κ3) is 5.11. The Balaban J connectivity index is 1.68. The van der Waals surface area contributed by atoms with Crippen LogP contribution in [0.3, 0.4) is 0 Å². The highest BCUT2D eigenvalue weighted by atomic mass is 79.9. The molecular weight excluding hydrogens is 328 g/mol. The van der Waals surface area contributed by atoms with E-state index < -0.39 is 0 Å². The van der Waals surface area contributed by atoms with Crippen molar-refractivity contribution in [3.05, 3.63) is 34.3 Å². The number of halogens is 1. The van der Waals surface area contributed by atoms with Crippen molar-refractivity contribution in [3.8, 4) is 0 Å². The van der Waals surface area contributed by atoms with Crippen LogP contribution in [0.2, 0.25) is 0 Å². The molecule has 0 aromatic heterocycles. The lowest BCUT2D eigenvalue weighted by Crippen LogP contribution is -2.48. The summed E-state index contributed by atoms with van der Waals surface area (Å²) in [7, 11) is 0. The van der Waals surface area contributed by atoms with E-state index >= 15 is 0 Å². The summed E-state index contributed by atoms with van der Waals surface area (Å²) in [5.74, 6) is 0.296. The molecule has 1 aliphatic rings. The second-order valence-electron chi connectivity index (χ2n) is 6.05. The van der Waals surface area contributed by atoms with Crippen molar-refractivity contribution in [2.45, 2.75) is 57.5 Å². The number of benzene rings is 1. The molecular formula is C17H25BrN2O. The van der Waals surface area contributed by atoms with Gasteiger partial charge in [0.05, 0.1) is 0 Å². The summed E-state index contributed by atoms with van der Waals surface area (Å²) in [6.07, 6.45) is 5.61. The second-order valence-corrected chi connectivity index (χ2v) is 6.97. The quantitative estimate of drug-likeness (QED) is 0.824. The van der Waals surface area contributed by atoms with Crippen LogP contribution >= 0.6 is 15.9 Å². The maximum atomic E-state index is 12.3. The van der Waals surface area contributed by atoms with E-state index in [0.29, 0.717) is 18.4 Å². The molecule has 21 heavy (non-hydrogen) atoms. The number of carbonyl (C=O) groups excluding carboxylic acids is 1. The summed E-state index contributed by atoms with van der Waals surface area (Å²) in [5.41, 5.74) is 7.28. The minimum absolute atomic E-state index is 0.265. The van der Waals surface area contributed by atoms with Crippen molar-refractivity contribution in [1.29, 1.82) is 0 Å². The predicted molar refractivity (Wildman–Crippen MR) is 90.1 cm³/mol. The lowest BCUT2D eigenvalue weighted by molar-refractivity contribution is -0.134. The molecule has 0 unspecified atom stereocenters. The van der Waals surface area contributed by atoms with Gasteiger partial charge in [0.1, 0.15) is 0 Å². The smallest absolute Gasteiger partial charge is 0.222 e. The third-order valence-electron chi connectivity index (χ3n) is 4.26. The van der Waals surface area contributed by atoms with Crippen LogP contribution in [0.5, 0.6) is 0 Å². The SMILES string of the molecule is C[C@@H]1C[C@@H](N)CCN1C(=O)CCCCc1ccc(Br)cc1. The van der Waals surface area contributed by atoms with Gasteiger partial charge < -0.3 is 10.6 Å². The van der Waals surface area contributed by atoms with Crippen LogP contribution in [0.25, 0.3) is 0 Å². The lowest BCUT2D eigenvalue weighted by Gasteiger charge is -2.36. The Morgan fingerprint density at radius 3 is 2.71 bits per heavy atom. The molecule has 1 aliphatic heterocycles. The number of unbranched alkanes of at least 4 members (excludes halogenated alkanes) is 1. The van der Waals surface area contributed by atoms with Gasteiger partial charge in [0.2, 0.25) is 5.91 Å². The maximum Gasteiger partial charge on any atom is 0.222 e. The molecule has 0 aliphatic carbocycles. The van der Waals surface area contributed by atoms with Gasteiger partial charge in [-0.1, -0.05) is 28.1 Å². The molecule has 1 amide bonds. The van der Waals surface area contributed by atoms with Crippen molar-refractivity contribution in [2.75, 3.05) is 6.54 Å². The zero-order chi connectivity index (χ0) is 15.2. The van der Waals surface area contributed by atoms with Crippen molar-refractivity contribution >= 4 is 21.8 Å². The first kappa shape index (κ1) is 16.5. The summed E-state index contributed by atoms with van der Waals surface area (Å²) in [6.45, 7) is 2.94. The number of nitrogens with zero attached hydrogens (tertiary/aromatic N) is 1. The molecule has 0 radical (unpaired) electrons. The minimum Gasteiger partial charge on any atom is -0.340 e. The molecule has 4 heteroatoms. The molecule has 1 fully saturated rings. The summed E-state index contributed by atoms with van der Waals surface area (Å²) < 4.78 is 1.11. The highest BCUT2D eigenvalue weighted by Gasteiger charge is 2.26. The lowest BCUT2D eigenvalue weighted by atomic mass is 9.98. The maximum absolute atomic E-state index is 12.3. The van der Waals surface area contributed by atoms with Crippen LogP contribution < -0.4 is 5.73 Å². The van der Waals surface area contributed by atoms with Gasteiger partial charge in [-0.15, -0.1) is 0 Å². The number of nitrogens with two attached hydrogens (primary N) is 1. The fraction of sp³-hybridized carbons (Fsp3) is 0.588. The summed E-state index contributed by atoms with van der Waals surface area (Å²) in [4.78, 5) is 14.3. The molecule has 2 atom stereocenters. The van der Waals surface area contributed by atoms with Gasteiger partial charge in [0.25, 0.3) is 0 Å². The third-order valence-corrected chi connectivity index (χ3v) is 4.79. The van der Waals surface area contributed by atoms with Crippen molar-refractivity contribution < 1.29 is 4.79 Å². The molecule has 0 bridgehead atoms. The highest BCUT2D eigenvalue weighted by Crippen LogP contribution is 2.18. The topological polar surface area (TPSA) is 46.3 Å². The van der Waals surface area contributed by atoms with E-state index in [1.807, 2.05) is 4.90 Å².